The van der Waals surface area contributed by atoms with E-state index in [-0.39, 0.29) is 23.8 Å². The van der Waals surface area contributed by atoms with Gasteiger partial charge in [-0.1, -0.05) is 12.1 Å². The van der Waals surface area contributed by atoms with Crippen molar-refractivity contribution < 1.29 is 14.7 Å². The Balaban J connectivity index is 1.24. The van der Waals surface area contributed by atoms with Crippen LogP contribution in [0.4, 0.5) is 0 Å². The van der Waals surface area contributed by atoms with Gasteiger partial charge in [-0.15, -0.1) is 0 Å². The maximum Gasteiger partial charge on any atom is 0.223 e. The van der Waals surface area contributed by atoms with Crippen LogP contribution >= 0.6 is 0 Å². The Morgan fingerprint density at radius 1 is 1.22 bits per heavy atom. The molecule has 1 aromatic carbocycles. The number of nitrogens with one attached hydrogen (secondary N) is 3. The summed E-state index contributed by atoms with van der Waals surface area (Å²) in [7, 11) is 0. The first-order chi connectivity index (χ1) is 13.1. The largest absolute Gasteiger partial charge is 0.391 e. The van der Waals surface area contributed by atoms with Crippen LogP contribution in [-0.2, 0) is 16.0 Å². The number of nitrogens with zero attached hydrogens (tertiary/aromatic N) is 1. The zero-order valence-corrected chi connectivity index (χ0v) is 15.3. The first-order valence-corrected chi connectivity index (χ1v) is 9.77. The van der Waals surface area contributed by atoms with Gasteiger partial charge in [0.1, 0.15) is 5.82 Å². The van der Waals surface area contributed by atoms with Gasteiger partial charge >= 0.3 is 0 Å². The molecule has 2 aromatic rings. The number of rotatable bonds is 7. The molecule has 2 fully saturated rings. The number of aliphatic hydroxyl groups excluding tert-OH is 1. The van der Waals surface area contributed by atoms with E-state index in [0.29, 0.717) is 31.6 Å². The summed E-state index contributed by atoms with van der Waals surface area (Å²) in [6.45, 7) is 0.736. The molecule has 0 saturated heterocycles. The van der Waals surface area contributed by atoms with E-state index in [1.54, 1.807) is 0 Å². The van der Waals surface area contributed by atoms with Crippen molar-refractivity contribution in [3.63, 3.8) is 0 Å². The number of aliphatic hydroxyl groups is 1. The number of carbonyl (C=O) groups is 2. The molecule has 1 heterocycles. The molecule has 0 radical (unpaired) electrons. The van der Waals surface area contributed by atoms with Gasteiger partial charge in [-0.25, -0.2) is 4.98 Å². The Morgan fingerprint density at radius 2 is 2.04 bits per heavy atom. The summed E-state index contributed by atoms with van der Waals surface area (Å²) in [6.07, 6.45) is 3.42. The lowest BCUT2D eigenvalue weighted by molar-refractivity contribution is -0.125. The van der Waals surface area contributed by atoms with E-state index >= 15 is 0 Å². The average molecular weight is 370 g/mol. The summed E-state index contributed by atoms with van der Waals surface area (Å²) in [5.41, 5.74) is 1.85. The molecule has 3 atom stereocenters. The maximum absolute atomic E-state index is 12.3. The minimum atomic E-state index is -0.670. The molecule has 2 amide bonds. The van der Waals surface area contributed by atoms with E-state index in [1.807, 2.05) is 24.3 Å². The Morgan fingerprint density at radius 3 is 2.81 bits per heavy atom. The fourth-order valence-electron chi connectivity index (χ4n) is 3.73. The number of hydrogen-bond donors (Lipinski definition) is 4. The second-order valence-corrected chi connectivity index (χ2v) is 7.80. The second kappa shape index (κ2) is 7.68. The number of aryl methyl sites for hydroxylation is 1. The third-order valence-electron chi connectivity index (χ3n) is 5.54. The van der Waals surface area contributed by atoms with Crippen LogP contribution in [0.15, 0.2) is 24.3 Å². The van der Waals surface area contributed by atoms with Crippen molar-refractivity contribution in [2.45, 2.75) is 50.7 Å². The summed E-state index contributed by atoms with van der Waals surface area (Å²) >= 11 is 0. The smallest absolute Gasteiger partial charge is 0.223 e. The number of benzene rings is 1. The van der Waals surface area contributed by atoms with Gasteiger partial charge in [0, 0.05) is 25.3 Å². The molecule has 0 bridgehead atoms. The topological polar surface area (TPSA) is 107 Å². The van der Waals surface area contributed by atoms with E-state index in [9.17, 15) is 14.7 Å². The lowest BCUT2D eigenvalue weighted by Gasteiger charge is -2.16. The molecular formula is C20H26N4O3. The zero-order valence-electron chi connectivity index (χ0n) is 15.3. The number of carbonyl (C=O) groups excluding carboxylic acids is 2. The Kier molecular flexibility index (Phi) is 5.11. The summed E-state index contributed by atoms with van der Waals surface area (Å²) in [5, 5.41) is 16.1. The van der Waals surface area contributed by atoms with Crippen LogP contribution in [0.1, 0.15) is 37.9 Å². The second-order valence-electron chi connectivity index (χ2n) is 7.80. The van der Waals surface area contributed by atoms with Crippen LogP contribution in [0.2, 0.25) is 0 Å². The summed E-state index contributed by atoms with van der Waals surface area (Å²) < 4.78 is 0. The van der Waals surface area contributed by atoms with Crippen LogP contribution in [-0.4, -0.2) is 45.6 Å². The summed E-state index contributed by atoms with van der Waals surface area (Å²) in [5.74, 6) is 1.06. The van der Waals surface area contributed by atoms with Gasteiger partial charge in [-0.2, -0.15) is 0 Å². The molecule has 2 saturated carbocycles. The summed E-state index contributed by atoms with van der Waals surface area (Å²) in [4.78, 5) is 32.2. The number of aromatic amines is 1. The van der Waals surface area contributed by atoms with Crippen molar-refractivity contribution in [1.29, 1.82) is 0 Å². The van der Waals surface area contributed by atoms with Crippen molar-refractivity contribution in [3.05, 3.63) is 30.1 Å². The molecule has 0 aliphatic heterocycles. The highest BCUT2D eigenvalue weighted by Gasteiger charge is 2.38. The number of H-pyrrole nitrogens is 1. The number of amides is 2. The molecule has 144 valence electrons. The van der Waals surface area contributed by atoms with Crippen LogP contribution in [0.5, 0.6) is 0 Å². The Bertz CT molecular complexity index is 796. The normalized spacial score (nSPS) is 24.9. The van der Waals surface area contributed by atoms with Gasteiger partial charge < -0.3 is 20.7 Å². The standard InChI is InChI=1S/C20H26N4O3/c25-17-10-13(20(27)21-11-12-5-6-12)9-16(17)24-19(26)8-7-18-22-14-3-1-2-4-15(14)23-18/h1-4,12-13,16-17,25H,5-11H2,(H,21,27)(H,22,23)(H,24,26)/t13-,16+,17+/m0/s1. The van der Waals surface area contributed by atoms with Gasteiger partial charge in [0.25, 0.3) is 0 Å². The number of para-hydroxylation sites is 2. The molecule has 0 spiro atoms. The minimum absolute atomic E-state index is 0.0000235. The fraction of sp³-hybridized carbons (Fsp3) is 0.550. The van der Waals surface area contributed by atoms with E-state index in [4.69, 9.17) is 0 Å². The van der Waals surface area contributed by atoms with Crippen molar-refractivity contribution in [3.8, 4) is 0 Å². The van der Waals surface area contributed by atoms with E-state index in [1.165, 1.54) is 12.8 Å². The molecule has 27 heavy (non-hydrogen) atoms. The van der Waals surface area contributed by atoms with Crippen molar-refractivity contribution in [2.75, 3.05) is 6.54 Å². The quantitative estimate of drug-likeness (QED) is 0.589. The average Bonchev–Trinajstić information content (AvgIpc) is 3.28. The number of aromatic nitrogens is 2. The van der Waals surface area contributed by atoms with Crippen LogP contribution in [0, 0.1) is 11.8 Å². The molecule has 4 N–H and O–H groups in total. The van der Waals surface area contributed by atoms with Gasteiger partial charge in [-0.3, -0.25) is 9.59 Å². The third kappa shape index (κ3) is 4.47. The van der Waals surface area contributed by atoms with Gasteiger partial charge in [0.05, 0.1) is 23.2 Å². The predicted molar refractivity (Wildman–Crippen MR) is 101 cm³/mol. The fourth-order valence-corrected chi connectivity index (χ4v) is 3.73. The number of hydrogen-bond acceptors (Lipinski definition) is 4. The Labute approximate surface area is 157 Å². The lowest BCUT2D eigenvalue weighted by atomic mass is 10.1. The maximum atomic E-state index is 12.3. The summed E-state index contributed by atoms with van der Waals surface area (Å²) in [6, 6.07) is 7.40. The highest BCUT2D eigenvalue weighted by molar-refractivity contribution is 5.80. The zero-order chi connectivity index (χ0) is 18.8. The molecule has 7 heteroatoms. The number of fused-ring (bicyclic) bond motifs is 1. The van der Waals surface area contributed by atoms with Crippen LogP contribution in [0.25, 0.3) is 11.0 Å². The highest BCUT2D eigenvalue weighted by atomic mass is 16.3. The van der Waals surface area contributed by atoms with Gasteiger partial charge in [0.15, 0.2) is 0 Å². The monoisotopic (exact) mass is 370 g/mol. The number of imidazole rings is 1. The van der Waals surface area contributed by atoms with Crippen LogP contribution < -0.4 is 10.6 Å². The van der Waals surface area contributed by atoms with Crippen molar-refractivity contribution in [1.82, 2.24) is 20.6 Å². The molecule has 2 aliphatic carbocycles. The molecule has 2 aliphatic rings. The molecular weight excluding hydrogens is 344 g/mol. The predicted octanol–water partition coefficient (Wildman–Crippen LogP) is 1.28. The van der Waals surface area contributed by atoms with Crippen LogP contribution in [0.3, 0.4) is 0 Å². The molecule has 1 aromatic heterocycles. The van der Waals surface area contributed by atoms with E-state index in [2.05, 4.69) is 20.6 Å². The van der Waals surface area contributed by atoms with E-state index in [0.717, 1.165) is 23.4 Å². The minimum Gasteiger partial charge on any atom is -0.391 e. The first-order valence-electron chi connectivity index (χ1n) is 9.77. The molecule has 4 rings (SSSR count). The van der Waals surface area contributed by atoms with Gasteiger partial charge in [0.2, 0.25) is 11.8 Å². The molecule has 7 nitrogen and oxygen atoms in total. The first kappa shape index (κ1) is 18.0. The Hall–Kier alpha value is -2.41. The third-order valence-corrected chi connectivity index (χ3v) is 5.54. The lowest BCUT2D eigenvalue weighted by Crippen LogP contribution is -2.40. The van der Waals surface area contributed by atoms with Gasteiger partial charge in [-0.05, 0) is 43.7 Å². The molecule has 0 unspecified atom stereocenters. The highest BCUT2D eigenvalue weighted by Crippen LogP contribution is 2.29. The van der Waals surface area contributed by atoms with E-state index < -0.39 is 6.10 Å². The van der Waals surface area contributed by atoms with Crippen molar-refractivity contribution >= 4 is 22.8 Å². The van der Waals surface area contributed by atoms with Crippen molar-refractivity contribution in [2.24, 2.45) is 11.8 Å². The SMILES string of the molecule is O=C(CCc1nc2ccccc2[nH]1)N[C@@H]1C[C@H](C(=O)NCC2CC2)C[C@H]1O.